The van der Waals surface area contributed by atoms with Crippen LogP contribution in [0.3, 0.4) is 0 Å². The first-order valence-corrected chi connectivity index (χ1v) is 6.86. The van der Waals surface area contributed by atoms with Crippen LogP contribution in [0.2, 0.25) is 0 Å². The summed E-state index contributed by atoms with van der Waals surface area (Å²) in [5.41, 5.74) is 2.32. The fraction of sp³-hybridized carbons (Fsp3) is 0.692. The van der Waals surface area contributed by atoms with Crippen molar-refractivity contribution in [1.29, 1.82) is 0 Å². The Balaban J connectivity index is 2.01. The van der Waals surface area contributed by atoms with Crippen molar-refractivity contribution in [2.24, 2.45) is 0 Å². The van der Waals surface area contributed by atoms with Crippen molar-refractivity contribution < 1.29 is 0 Å². The molecule has 0 radical (unpaired) electrons. The van der Waals surface area contributed by atoms with Crippen LogP contribution < -0.4 is 0 Å². The summed E-state index contributed by atoms with van der Waals surface area (Å²) in [6.45, 7) is 0. The van der Waals surface area contributed by atoms with Crippen LogP contribution in [0.5, 0.6) is 0 Å². The second-order valence-corrected chi connectivity index (χ2v) is 5.89. The van der Waals surface area contributed by atoms with Crippen molar-refractivity contribution in [2.45, 2.75) is 56.8 Å². The van der Waals surface area contributed by atoms with Gasteiger partial charge in [0.05, 0.1) is 0 Å². The lowest BCUT2D eigenvalue weighted by Crippen LogP contribution is -2.31. The van der Waals surface area contributed by atoms with E-state index in [1.165, 1.54) is 51.4 Å². The van der Waals surface area contributed by atoms with E-state index in [0.29, 0.717) is 5.41 Å². The first-order chi connectivity index (χ1) is 6.91. The molecule has 0 aliphatic heterocycles. The molecule has 76 valence electrons. The van der Waals surface area contributed by atoms with Gasteiger partial charge in [0.2, 0.25) is 0 Å². The van der Waals surface area contributed by atoms with Crippen LogP contribution in [0.15, 0.2) is 11.4 Å². The van der Waals surface area contributed by atoms with E-state index in [1.807, 2.05) is 11.3 Å². The fourth-order valence-electron chi connectivity index (χ4n) is 3.43. The van der Waals surface area contributed by atoms with Gasteiger partial charge in [-0.2, -0.15) is 0 Å². The van der Waals surface area contributed by atoms with Gasteiger partial charge in [-0.3, -0.25) is 0 Å². The number of fused-ring (bicyclic) bond motifs is 2. The minimum Gasteiger partial charge on any atom is -0.148 e. The molecule has 1 heterocycles. The SMILES string of the molecule is c1cc2c(s1)C1(CCCCC1)CCC2. The van der Waals surface area contributed by atoms with Crippen LogP contribution in [0.1, 0.15) is 55.4 Å². The Hall–Kier alpha value is -0.300. The van der Waals surface area contributed by atoms with Crippen LogP contribution in [0.4, 0.5) is 0 Å². The molecule has 1 aromatic rings. The minimum atomic E-state index is 0.639. The van der Waals surface area contributed by atoms with Crippen molar-refractivity contribution in [3.8, 4) is 0 Å². The van der Waals surface area contributed by atoms with Gasteiger partial charge in [0, 0.05) is 10.3 Å². The Morgan fingerprint density at radius 3 is 2.64 bits per heavy atom. The van der Waals surface area contributed by atoms with Crippen LogP contribution in [-0.4, -0.2) is 0 Å². The summed E-state index contributed by atoms with van der Waals surface area (Å²) < 4.78 is 0. The van der Waals surface area contributed by atoms with Gasteiger partial charge in [0.1, 0.15) is 0 Å². The predicted molar refractivity (Wildman–Crippen MR) is 62.0 cm³/mol. The molecule has 14 heavy (non-hydrogen) atoms. The minimum absolute atomic E-state index is 0.639. The Morgan fingerprint density at radius 1 is 1.00 bits per heavy atom. The lowest BCUT2D eigenvalue weighted by molar-refractivity contribution is 0.261. The van der Waals surface area contributed by atoms with E-state index < -0.39 is 0 Å². The van der Waals surface area contributed by atoms with E-state index in [0.717, 1.165) is 0 Å². The lowest BCUT2D eigenvalue weighted by Gasteiger charge is -2.40. The molecular formula is C13H18S. The predicted octanol–water partition coefficient (Wildman–Crippen LogP) is 4.29. The highest BCUT2D eigenvalue weighted by Gasteiger charge is 2.38. The zero-order valence-corrected chi connectivity index (χ0v) is 9.54. The molecule has 1 spiro atoms. The zero-order chi connectivity index (χ0) is 9.43. The number of thiophene rings is 1. The number of hydrogen-bond acceptors (Lipinski definition) is 1. The monoisotopic (exact) mass is 206 g/mol. The smallest absolute Gasteiger partial charge is 0.0139 e. The molecule has 0 atom stereocenters. The molecule has 2 aliphatic carbocycles. The van der Waals surface area contributed by atoms with Gasteiger partial charge in [0.15, 0.2) is 0 Å². The van der Waals surface area contributed by atoms with E-state index >= 15 is 0 Å². The first-order valence-electron chi connectivity index (χ1n) is 5.98. The zero-order valence-electron chi connectivity index (χ0n) is 8.72. The van der Waals surface area contributed by atoms with E-state index in [-0.39, 0.29) is 0 Å². The van der Waals surface area contributed by atoms with Gasteiger partial charge < -0.3 is 0 Å². The molecule has 0 bridgehead atoms. The quantitative estimate of drug-likeness (QED) is 0.594. The number of rotatable bonds is 0. The standard InChI is InChI=1S/C13H18S/c1-2-7-13(8-3-1)9-4-5-11-6-10-14-12(11)13/h6,10H,1-5,7-9H2. The highest BCUT2D eigenvalue weighted by molar-refractivity contribution is 7.10. The molecule has 0 unspecified atom stereocenters. The van der Waals surface area contributed by atoms with E-state index in [1.54, 1.807) is 10.4 Å². The summed E-state index contributed by atoms with van der Waals surface area (Å²) in [4.78, 5) is 1.77. The molecule has 0 amide bonds. The first kappa shape index (κ1) is 8.96. The second-order valence-electron chi connectivity index (χ2n) is 4.97. The van der Waals surface area contributed by atoms with Crippen molar-refractivity contribution in [2.75, 3.05) is 0 Å². The van der Waals surface area contributed by atoms with Gasteiger partial charge in [-0.05, 0) is 49.1 Å². The summed E-state index contributed by atoms with van der Waals surface area (Å²) in [6, 6.07) is 2.37. The summed E-state index contributed by atoms with van der Waals surface area (Å²) in [7, 11) is 0. The summed E-state index contributed by atoms with van der Waals surface area (Å²) in [5.74, 6) is 0. The Bertz CT molecular complexity index is 318. The third-order valence-electron chi connectivity index (χ3n) is 4.14. The van der Waals surface area contributed by atoms with Gasteiger partial charge in [0.25, 0.3) is 0 Å². The van der Waals surface area contributed by atoms with E-state index in [2.05, 4.69) is 11.4 Å². The molecule has 1 fully saturated rings. The maximum absolute atomic E-state index is 2.37. The van der Waals surface area contributed by atoms with Crippen molar-refractivity contribution in [1.82, 2.24) is 0 Å². The van der Waals surface area contributed by atoms with Gasteiger partial charge in [-0.15, -0.1) is 11.3 Å². The average molecular weight is 206 g/mol. The molecule has 0 aromatic carbocycles. The van der Waals surface area contributed by atoms with Crippen molar-refractivity contribution >= 4 is 11.3 Å². The molecule has 3 rings (SSSR count). The van der Waals surface area contributed by atoms with E-state index in [4.69, 9.17) is 0 Å². The highest BCUT2D eigenvalue weighted by atomic mass is 32.1. The molecule has 1 aromatic heterocycles. The molecule has 0 saturated heterocycles. The Labute approximate surface area is 90.3 Å². The topological polar surface area (TPSA) is 0 Å². The third-order valence-corrected chi connectivity index (χ3v) is 5.34. The molecule has 2 aliphatic rings. The fourth-order valence-corrected chi connectivity index (χ4v) is 4.68. The van der Waals surface area contributed by atoms with Crippen molar-refractivity contribution in [3.05, 3.63) is 21.9 Å². The maximum Gasteiger partial charge on any atom is 0.0139 e. The number of hydrogen-bond donors (Lipinski definition) is 0. The summed E-state index contributed by atoms with van der Waals surface area (Å²) in [6.07, 6.45) is 11.6. The maximum atomic E-state index is 2.37. The molecule has 0 nitrogen and oxygen atoms in total. The average Bonchev–Trinajstić information content (AvgIpc) is 2.69. The normalized spacial score (nSPS) is 24.9. The van der Waals surface area contributed by atoms with Crippen LogP contribution in [0.25, 0.3) is 0 Å². The Kier molecular flexibility index (Phi) is 2.16. The molecule has 1 heteroatoms. The van der Waals surface area contributed by atoms with Crippen molar-refractivity contribution in [3.63, 3.8) is 0 Å². The Morgan fingerprint density at radius 2 is 1.79 bits per heavy atom. The second kappa shape index (κ2) is 3.37. The van der Waals surface area contributed by atoms with Gasteiger partial charge in [-0.1, -0.05) is 19.3 Å². The van der Waals surface area contributed by atoms with E-state index in [9.17, 15) is 0 Å². The summed E-state index contributed by atoms with van der Waals surface area (Å²) >= 11 is 2.03. The third kappa shape index (κ3) is 1.25. The highest BCUT2D eigenvalue weighted by Crippen LogP contribution is 2.49. The van der Waals surface area contributed by atoms with Crippen LogP contribution >= 0.6 is 11.3 Å². The molecule has 1 saturated carbocycles. The summed E-state index contributed by atoms with van der Waals surface area (Å²) in [5, 5.41) is 2.31. The largest absolute Gasteiger partial charge is 0.148 e. The lowest BCUT2D eigenvalue weighted by atomic mass is 9.66. The van der Waals surface area contributed by atoms with Gasteiger partial charge >= 0.3 is 0 Å². The van der Waals surface area contributed by atoms with Gasteiger partial charge in [-0.25, -0.2) is 0 Å². The molecule has 0 N–H and O–H groups in total. The number of aryl methyl sites for hydroxylation is 1. The van der Waals surface area contributed by atoms with Crippen LogP contribution in [-0.2, 0) is 11.8 Å². The van der Waals surface area contributed by atoms with Crippen LogP contribution in [0, 0.1) is 0 Å². The molecular weight excluding hydrogens is 188 g/mol.